The zero-order chi connectivity index (χ0) is 24.8. The number of aryl methyl sites for hydroxylation is 1. The molecule has 0 aliphatic rings. The van der Waals surface area contributed by atoms with Crippen molar-refractivity contribution in [2.24, 2.45) is 0 Å². The van der Waals surface area contributed by atoms with Gasteiger partial charge in [0.05, 0.1) is 6.61 Å². The predicted octanol–water partition coefficient (Wildman–Crippen LogP) is 6.71. The molecule has 0 aliphatic heterocycles. The number of aromatic nitrogens is 1. The first-order valence-electron chi connectivity index (χ1n) is 11.5. The molecule has 0 aliphatic carbocycles. The van der Waals surface area contributed by atoms with Gasteiger partial charge < -0.3 is 14.6 Å². The molecule has 4 aromatic rings. The van der Waals surface area contributed by atoms with Crippen molar-refractivity contribution in [3.8, 4) is 28.6 Å². The molecule has 1 amide bonds. The van der Waals surface area contributed by atoms with Crippen LogP contribution in [0.3, 0.4) is 0 Å². The van der Waals surface area contributed by atoms with Crippen molar-refractivity contribution >= 4 is 17.7 Å². The summed E-state index contributed by atoms with van der Waals surface area (Å²) >= 11 is 0. The van der Waals surface area contributed by atoms with Gasteiger partial charge >= 0.3 is 0 Å². The second-order valence-electron chi connectivity index (χ2n) is 8.16. The lowest BCUT2D eigenvalue weighted by Crippen LogP contribution is -2.13. The van der Waals surface area contributed by atoms with Crippen LogP contribution < -0.4 is 10.1 Å². The standard InChI is InChI=1S/C30H27N3O2/c1-4-35-29-12-8-11-27(19-29)32-30(34)26(20-31)18-25-17-21(2)33(22(25)3)28-15-13-24(14-16-28)23-9-6-5-7-10-23/h5-19H,4H2,1-3H3,(H,32,34). The third kappa shape index (κ3) is 5.34. The van der Waals surface area contributed by atoms with E-state index in [1.54, 1.807) is 24.3 Å². The van der Waals surface area contributed by atoms with Crippen LogP contribution in [0.25, 0.3) is 22.9 Å². The minimum Gasteiger partial charge on any atom is -0.494 e. The minimum atomic E-state index is -0.460. The second kappa shape index (κ2) is 10.6. The summed E-state index contributed by atoms with van der Waals surface area (Å²) in [5, 5.41) is 12.5. The van der Waals surface area contributed by atoms with Crippen molar-refractivity contribution in [3.05, 3.63) is 107 Å². The second-order valence-corrected chi connectivity index (χ2v) is 8.16. The van der Waals surface area contributed by atoms with Crippen LogP contribution in [-0.4, -0.2) is 17.1 Å². The van der Waals surface area contributed by atoms with Crippen LogP contribution in [-0.2, 0) is 4.79 Å². The van der Waals surface area contributed by atoms with E-state index in [1.807, 2.05) is 57.2 Å². The summed E-state index contributed by atoms with van der Waals surface area (Å²) in [5.74, 6) is 0.202. The largest absolute Gasteiger partial charge is 0.494 e. The maximum Gasteiger partial charge on any atom is 0.266 e. The molecule has 174 valence electrons. The monoisotopic (exact) mass is 461 g/mol. The van der Waals surface area contributed by atoms with E-state index in [1.165, 1.54) is 5.56 Å². The number of amides is 1. The fourth-order valence-corrected chi connectivity index (χ4v) is 4.10. The molecule has 0 saturated carbocycles. The molecule has 35 heavy (non-hydrogen) atoms. The Labute approximate surface area is 205 Å². The molecule has 1 heterocycles. The molecule has 0 bridgehead atoms. The van der Waals surface area contributed by atoms with Crippen LogP contribution in [0.2, 0.25) is 0 Å². The van der Waals surface area contributed by atoms with Crippen molar-refractivity contribution in [1.29, 1.82) is 5.26 Å². The third-order valence-corrected chi connectivity index (χ3v) is 5.77. The van der Waals surface area contributed by atoms with Crippen molar-refractivity contribution in [2.75, 3.05) is 11.9 Å². The fourth-order valence-electron chi connectivity index (χ4n) is 4.10. The predicted molar refractivity (Wildman–Crippen MR) is 141 cm³/mol. The number of anilines is 1. The Morgan fingerprint density at radius 3 is 2.37 bits per heavy atom. The van der Waals surface area contributed by atoms with Gasteiger partial charge in [0.2, 0.25) is 0 Å². The van der Waals surface area contributed by atoms with Gasteiger partial charge in [-0.05, 0) is 73.9 Å². The smallest absolute Gasteiger partial charge is 0.266 e. The summed E-state index contributed by atoms with van der Waals surface area (Å²) in [4.78, 5) is 12.8. The Kier molecular flexibility index (Phi) is 7.13. The topological polar surface area (TPSA) is 67.0 Å². The summed E-state index contributed by atoms with van der Waals surface area (Å²) in [6.07, 6.45) is 1.64. The molecule has 5 heteroatoms. The first kappa shape index (κ1) is 23.6. The molecule has 4 rings (SSSR count). The van der Waals surface area contributed by atoms with E-state index in [-0.39, 0.29) is 5.57 Å². The third-order valence-electron chi connectivity index (χ3n) is 5.77. The number of nitriles is 1. The highest BCUT2D eigenvalue weighted by Gasteiger charge is 2.14. The van der Waals surface area contributed by atoms with E-state index in [2.05, 4.69) is 46.3 Å². The lowest BCUT2D eigenvalue weighted by Gasteiger charge is -2.11. The van der Waals surface area contributed by atoms with Gasteiger partial charge in [-0.15, -0.1) is 0 Å². The molecular formula is C30H27N3O2. The number of hydrogen-bond acceptors (Lipinski definition) is 3. The molecule has 1 aromatic heterocycles. The van der Waals surface area contributed by atoms with Crippen LogP contribution in [0, 0.1) is 25.2 Å². The number of nitrogens with one attached hydrogen (secondary N) is 1. The molecule has 5 nitrogen and oxygen atoms in total. The molecule has 0 fully saturated rings. The normalized spacial score (nSPS) is 11.1. The lowest BCUT2D eigenvalue weighted by molar-refractivity contribution is -0.112. The average Bonchev–Trinajstić information content (AvgIpc) is 3.16. The van der Waals surface area contributed by atoms with Crippen LogP contribution >= 0.6 is 0 Å². The van der Waals surface area contributed by atoms with Crippen molar-refractivity contribution in [3.63, 3.8) is 0 Å². The molecular weight excluding hydrogens is 434 g/mol. The summed E-state index contributed by atoms with van der Waals surface area (Å²) in [5.41, 5.74) is 6.74. The summed E-state index contributed by atoms with van der Waals surface area (Å²) < 4.78 is 7.61. The highest BCUT2D eigenvalue weighted by Crippen LogP contribution is 2.26. The summed E-state index contributed by atoms with van der Waals surface area (Å²) in [6, 6.07) is 29.8. The maximum absolute atomic E-state index is 12.8. The van der Waals surface area contributed by atoms with Crippen molar-refractivity contribution in [2.45, 2.75) is 20.8 Å². The molecule has 0 atom stereocenters. The highest BCUT2D eigenvalue weighted by molar-refractivity contribution is 6.09. The van der Waals surface area contributed by atoms with Crippen molar-refractivity contribution in [1.82, 2.24) is 4.57 Å². The van der Waals surface area contributed by atoms with E-state index in [0.29, 0.717) is 18.0 Å². The molecule has 0 unspecified atom stereocenters. The zero-order valence-electron chi connectivity index (χ0n) is 20.1. The molecule has 0 radical (unpaired) electrons. The first-order chi connectivity index (χ1) is 17.0. The van der Waals surface area contributed by atoms with Crippen LogP contribution in [0.5, 0.6) is 5.75 Å². The number of rotatable bonds is 7. The molecule has 0 spiro atoms. The molecule has 3 aromatic carbocycles. The molecule has 1 N–H and O–H groups in total. The number of benzene rings is 3. The van der Waals surface area contributed by atoms with Gasteiger partial charge in [0, 0.05) is 28.8 Å². The summed E-state index contributed by atoms with van der Waals surface area (Å²) in [6.45, 7) is 6.43. The number of carbonyl (C=O) groups excluding carboxylic acids is 1. The number of ether oxygens (including phenoxy) is 1. The van der Waals surface area contributed by atoms with Crippen molar-refractivity contribution < 1.29 is 9.53 Å². The first-order valence-corrected chi connectivity index (χ1v) is 11.5. The minimum absolute atomic E-state index is 0.0338. The Bertz CT molecular complexity index is 1410. The fraction of sp³-hybridized carbons (Fsp3) is 0.133. The van der Waals surface area contributed by atoms with Gasteiger partial charge in [-0.1, -0.05) is 48.5 Å². The van der Waals surface area contributed by atoms with E-state index in [9.17, 15) is 10.1 Å². The number of carbonyl (C=O) groups is 1. The van der Waals surface area contributed by atoms with E-state index < -0.39 is 5.91 Å². The van der Waals surface area contributed by atoms with E-state index in [0.717, 1.165) is 28.2 Å². The quantitative estimate of drug-likeness (QED) is 0.246. The zero-order valence-corrected chi connectivity index (χ0v) is 20.1. The average molecular weight is 462 g/mol. The Hall–Kier alpha value is -4.56. The van der Waals surface area contributed by atoms with Gasteiger partial charge in [0.1, 0.15) is 17.4 Å². The van der Waals surface area contributed by atoms with Gasteiger partial charge in [-0.25, -0.2) is 0 Å². The van der Waals surface area contributed by atoms with Gasteiger partial charge in [0.25, 0.3) is 5.91 Å². The van der Waals surface area contributed by atoms with Gasteiger partial charge in [0.15, 0.2) is 0 Å². The Balaban J connectivity index is 1.59. The maximum atomic E-state index is 12.8. The number of hydrogen-bond donors (Lipinski definition) is 1. The lowest BCUT2D eigenvalue weighted by atomic mass is 10.1. The van der Waals surface area contributed by atoms with Crippen LogP contribution in [0.15, 0.2) is 90.5 Å². The summed E-state index contributed by atoms with van der Waals surface area (Å²) in [7, 11) is 0. The SMILES string of the molecule is CCOc1cccc(NC(=O)C(C#N)=Cc2cc(C)n(-c3ccc(-c4ccccc4)cc3)c2C)c1. The number of nitrogens with zero attached hydrogens (tertiary/aromatic N) is 2. The van der Waals surface area contributed by atoms with E-state index >= 15 is 0 Å². The van der Waals surface area contributed by atoms with Crippen LogP contribution in [0.1, 0.15) is 23.9 Å². The molecule has 0 saturated heterocycles. The Morgan fingerprint density at radius 1 is 0.971 bits per heavy atom. The Morgan fingerprint density at radius 2 is 1.69 bits per heavy atom. The van der Waals surface area contributed by atoms with Gasteiger partial charge in [-0.3, -0.25) is 4.79 Å². The highest BCUT2D eigenvalue weighted by atomic mass is 16.5. The van der Waals surface area contributed by atoms with Crippen LogP contribution in [0.4, 0.5) is 5.69 Å². The van der Waals surface area contributed by atoms with E-state index in [4.69, 9.17) is 4.74 Å². The van der Waals surface area contributed by atoms with Gasteiger partial charge in [-0.2, -0.15) is 5.26 Å².